The molecule has 8 heteroatoms. The van der Waals surface area contributed by atoms with Crippen LogP contribution in [0.4, 0.5) is 0 Å². The number of amides is 1. The number of carbonyl (C=O) groups is 2. The van der Waals surface area contributed by atoms with Gasteiger partial charge in [0.25, 0.3) is 5.91 Å². The number of esters is 1. The van der Waals surface area contributed by atoms with Crippen molar-refractivity contribution in [2.24, 2.45) is 0 Å². The fraction of sp³-hybridized carbons (Fsp3) is 0.304. The Morgan fingerprint density at radius 3 is 2.52 bits per heavy atom. The lowest BCUT2D eigenvalue weighted by molar-refractivity contribution is -0.135. The van der Waals surface area contributed by atoms with Crippen molar-refractivity contribution in [3.63, 3.8) is 0 Å². The topological polar surface area (TPSA) is 78.2 Å². The number of hydrogen-bond donors (Lipinski definition) is 0. The summed E-state index contributed by atoms with van der Waals surface area (Å²) < 4.78 is 21.6. The van der Waals surface area contributed by atoms with Crippen LogP contribution in [0, 0.1) is 6.92 Å². The number of fused-ring (bicyclic) bond motifs is 2. The average molecular weight is 444 g/mol. The predicted octanol–water partition coefficient (Wildman–Crippen LogP) is 4.15. The van der Waals surface area contributed by atoms with Crippen LogP contribution >= 0.6 is 11.6 Å². The number of ether oxygens (including phenoxy) is 3. The number of rotatable bonds is 5. The van der Waals surface area contributed by atoms with Crippen molar-refractivity contribution < 1.29 is 28.2 Å². The number of carbonyl (C=O) groups excluding carboxylic acids is 2. The van der Waals surface area contributed by atoms with Gasteiger partial charge in [-0.05, 0) is 54.8 Å². The van der Waals surface area contributed by atoms with Crippen LogP contribution < -0.4 is 9.47 Å². The zero-order chi connectivity index (χ0) is 22.1. The maximum atomic E-state index is 12.7. The molecule has 2 heterocycles. The first kappa shape index (κ1) is 21.1. The number of benzene rings is 2. The second kappa shape index (κ2) is 8.51. The van der Waals surface area contributed by atoms with Crippen LogP contribution in [0.2, 0.25) is 5.02 Å². The molecule has 0 spiro atoms. The van der Waals surface area contributed by atoms with Gasteiger partial charge >= 0.3 is 5.97 Å². The molecular formula is C23H22ClNO6. The molecule has 3 aromatic rings. The Balaban J connectivity index is 1.43. The standard InChI is InChI=1S/C23H22ClNO6/c1-13-17-10-16(24)4-5-18(17)31-22(13)23(27)30-12-21(26)25-7-6-14-8-19(28-2)20(29-3)9-15(14)11-25/h4-5,8-10H,6-7,11-12H2,1-3H3. The smallest absolute Gasteiger partial charge is 0.375 e. The molecule has 0 aliphatic carbocycles. The Morgan fingerprint density at radius 1 is 1.10 bits per heavy atom. The largest absolute Gasteiger partial charge is 0.493 e. The van der Waals surface area contributed by atoms with E-state index in [1.54, 1.807) is 44.2 Å². The molecular weight excluding hydrogens is 422 g/mol. The third-order valence-electron chi connectivity index (χ3n) is 5.48. The van der Waals surface area contributed by atoms with Crippen molar-refractivity contribution in [3.05, 3.63) is 57.8 Å². The van der Waals surface area contributed by atoms with Crippen LogP contribution in [0.3, 0.4) is 0 Å². The molecule has 0 saturated heterocycles. The molecule has 0 fully saturated rings. The van der Waals surface area contributed by atoms with Crippen LogP contribution in [0.25, 0.3) is 11.0 Å². The van der Waals surface area contributed by atoms with Crippen molar-refractivity contribution in [1.82, 2.24) is 4.90 Å². The van der Waals surface area contributed by atoms with E-state index in [2.05, 4.69) is 0 Å². The second-order valence-electron chi connectivity index (χ2n) is 7.31. The van der Waals surface area contributed by atoms with Crippen molar-refractivity contribution in [1.29, 1.82) is 0 Å². The Morgan fingerprint density at radius 2 is 1.81 bits per heavy atom. The first-order valence-electron chi connectivity index (χ1n) is 9.78. The number of furan rings is 1. The van der Waals surface area contributed by atoms with Gasteiger partial charge in [0, 0.05) is 29.1 Å². The van der Waals surface area contributed by atoms with E-state index in [1.165, 1.54) is 0 Å². The molecule has 0 N–H and O–H groups in total. The van der Waals surface area contributed by atoms with E-state index in [1.807, 2.05) is 12.1 Å². The van der Waals surface area contributed by atoms with Crippen molar-refractivity contribution in [2.45, 2.75) is 19.9 Å². The second-order valence-corrected chi connectivity index (χ2v) is 7.75. The van der Waals surface area contributed by atoms with Gasteiger partial charge in [-0.1, -0.05) is 11.6 Å². The van der Waals surface area contributed by atoms with Crippen LogP contribution in [-0.2, 0) is 22.5 Å². The molecule has 31 heavy (non-hydrogen) atoms. The molecule has 1 aliphatic rings. The first-order valence-corrected chi connectivity index (χ1v) is 10.2. The number of halogens is 1. The lowest BCUT2D eigenvalue weighted by atomic mass is 9.99. The SMILES string of the molecule is COc1cc2c(cc1OC)CN(C(=O)COC(=O)c1oc3ccc(Cl)cc3c1C)CC2. The van der Waals surface area contributed by atoms with E-state index in [-0.39, 0.29) is 18.3 Å². The molecule has 7 nitrogen and oxygen atoms in total. The Bertz CT molecular complexity index is 1170. The highest BCUT2D eigenvalue weighted by molar-refractivity contribution is 6.31. The van der Waals surface area contributed by atoms with E-state index in [4.69, 9.17) is 30.2 Å². The highest BCUT2D eigenvalue weighted by Crippen LogP contribution is 2.33. The van der Waals surface area contributed by atoms with Crippen molar-refractivity contribution >= 4 is 34.4 Å². The van der Waals surface area contributed by atoms with Gasteiger partial charge in [0.15, 0.2) is 18.1 Å². The Kier molecular flexibility index (Phi) is 5.78. The van der Waals surface area contributed by atoms with Crippen molar-refractivity contribution in [3.8, 4) is 11.5 Å². The molecule has 0 radical (unpaired) electrons. The first-order chi connectivity index (χ1) is 14.9. The van der Waals surface area contributed by atoms with E-state index >= 15 is 0 Å². The number of methoxy groups -OCH3 is 2. The third-order valence-corrected chi connectivity index (χ3v) is 5.72. The molecule has 0 unspecified atom stereocenters. The van der Waals surface area contributed by atoms with Gasteiger partial charge in [-0.25, -0.2) is 4.79 Å². The van der Waals surface area contributed by atoms with Gasteiger partial charge < -0.3 is 23.5 Å². The molecule has 0 saturated carbocycles. The molecule has 1 aliphatic heterocycles. The van der Waals surface area contributed by atoms with Crippen molar-refractivity contribution in [2.75, 3.05) is 27.4 Å². The van der Waals surface area contributed by atoms with Crippen LogP contribution in [0.1, 0.15) is 27.2 Å². The van der Waals surface area contributed by atoms with Gasteiger partial charge in [-0.2, -0.15) is 0 Å². The zero-order valence-corrected chi connectivity index (χ0v) is 18.2. The summed E-state index contributed by atoms with van der Waals surface area (Å²) in [6.45, 7) is 2.33. The summed E-state index contributed by atoms with van der Waals surface area (Å²) in [6.07, 6.45) is 0.679. The number of aryl methyl sites for hydroxylation is 1. The fourth-order valence-electron chi connectivity index (χ4n) is 3.77. The summed E-state index contributed by atoms with van der Waals surface area (Å²) >= 11 is 6.02. The summed E-state index contributed by atoms with van der Waals surface area (Å²) in [5.74, 6) is 0.401. The van der Waals surface area contributed by atoms with Gasteiger partial charge in [0.2, 0.25) is 5.76 Å². The van der Waals surface area contributed by atoms with Crippen LogP contribution in [0.5, 0.6) is 11.5 Å². The molecule has 1 amide bonds. The number of nitrogens with zero attached hydrogens (tertiary/aromatic N) is 1. The predicted molar refractivity (Wildman–Crippen MR) is 115 cm³/mol. The highest BCUT2D eigenvalue weighted by atomic mass is 35.5. The Hall–Kier alpha value is -3.19. The van der Waals surface area contributed by atoms with Gasteiger partial charge in [-0.15, -0.1) is 0 Å². The zero-order valence-electron chi connectivity index (χ0n) is 17.5. The average Bonchev–Trinajstić information content (AvgIpc) is 3.11. The summed E-state index contributed by atoms with van der Waals surface area (Å²) in [5.41, 5.74) is 3.25. The van der Waals surface area contributed by atoms with Gasteiger partial charge in [0.1, 0.15) is 5.58 Å². The molecule has 0 bridgehead atoms. The summed E-state index contributed by atoms with van der Waals surface area (Å²) in [7, 11) is 3.17. The maximum Gasteiger partial charge on any atom is 0.375 e. The van der Waals surface area contributed by atoms with Crippen LogP contribution in [-0.4, -0.2) is 44.1 Å². The van der Waals surface area contributed by atoms with Gasteiger partial charge in [0.05, 0.1) is 14.2 Å². The highest BCUT2D eigenvalue weighted by Gasteiger charge is 2.25. The lowest BCUT2D eigenvalue weighted by Crippen LogP contribution is -2.38. The van der Waals surface area contributed by atoms with E-state index in [0.29, 0.717) is 47.2 Å². The minimum Gasteiger partial charge on any atom is -0.493 e. The van der Waals surface area contributed by atoms with E-state index in [0.717, 1.165) is 16.5 Å². The minimum atomic E-state index is -0.679. The molecule has 162 valence electrons. The van der Waals surface area contributed by atoms with Crippen LogP contribution in [0.15, 0.2) is 34.7 Å². The monoisotopic (exact) mass is 443 g/mol. The normalized spacial score (nSPS) is 13.1. The maximum absolute atomic E-state index is 12.7. The summed E-state index contributed by atoms with van der Waals surface area (Å²) in [6, 6.07) is 8.92. The molecule has 4 rings (SSSR count). The molecule has 0 atom stereocenters. The third kappa shape index (κ3) is 4.05. The minimum absolute atomic E-state index is 0.0749. The fourth-order valence-corrected chi connectivity index (χ4v) is 3.94. The van der Waals surface area contributed by atoms with Gasteiger partial charge in [-0.3, -0.25) is 4.79 Å². The Labute approximate surface area is 184 Å². The van der Waals surface area contributed by atoms with E-state index in [9.17, 15) is 9.59 Å². The quantitative estimate of drug-likeness (QED) is 0.551. The molecule has 1 aromatic heterocycles. The summed E-state index contributed by atoms with van der Waals surface area (Å²) in [5, 5.41) is 1.29. The lowest BCUT2D eigenvalue weighted by Gasteiger charge is -2.29. The molecule has 2 aromatic carbocycles. The van der Waals surface area contributed by atoms with E-state index < -0.39 is 5.97 Å². The number of hydrogen-bond acceptors (Lipinski definition) is 6. The summed E-state index contributed by atoms with van der Waals surface area (Å²) in [4.78, 5) is 26.8.